The lowest BCUT2D eigenvalue weighted by Gasteiger charge is -2.08. The lowest BCUT2D eigenvalue weighted by atomic mass is 10.4. The Bertz CT molecular complexity index is 687. The summed E-state index contributed by atoms with van der Waals surface area (Å²) in [6, 6.07) is 3.57. The zero-order chi connectivity index (χ0) is 15.4. The van der Waals surface area contributed by atoms with Crippen LogP contribution in [-0.4, -0.2) is 39.8 Å². The van der Waals surface area contributed by atoms with Crippen LogP contribution in [0.5, 0.6) is 0 Å². The number of imidazole rings is 1. The molecule has 0 saturated heterocycles. The van der Waals surface area contributed by atoms with E-state index in [2.05, 4.69) is 10.3 Å². The van der Waals surface area contributed by atoms with Gasteiger partial charge in [0.1, 0.15) is 6.54 Å². The molecule has 0 aliphatic rings. The number of amides is 1. The molecule has 0 atom stereocenters. The van der Waals surface area contributed by atoms with E-state index in [4.69, 9.17) is 4.74 Å². The van der Waals surface area contributed by atoms with E-state index in [-0.39, 0.29) is 24.2 Å². The van der Waals surface area contributed by atoms with Crippen LogP contribution >= 0.6 is 0 Å². The van der Waals surface area contributed by atoms with Gasteiger partial charge in [0.05, 0.1) is 18.7 Å². The summed E-state index contributed by atoms with van der Waals surface area (Å²) in [5, 5.41) is 2.78. The molecule has 2 aromatic rings. The summed E-state index contributed by atoms with van der Waals surface area (Å²) in [6.45, 7) is 4.56. The van der Waals surface area contributed by atoms with Crippen molar-refractivity contribution in [3.63, 3.8) is 0 Å². The van der Waals surface area contributed by atoms with E-state index in [9.17, 15) is 9.59 Å². The fraction of sp³-hybridized carbons (Fsp3) is 0.500. The maximum absolute atomic E-state index is 12.5. The van der Waals surface area contributed by atoms with Gasteiger partial charge in [0, 0.05) is 19.3 Å². The van der Waals surface area contributed by atoms with Crippen molar-refractivity contribution in [1.29, 1.82) is 0 Å². The van der Waals surface area contributed by atoms with Crippen LogP contribution < -0.4 is 11.0 Å². The number of fused-ring (bicyclic) bond motifs is 1. The largest absolute Gasteiger partial charge is 0.383 e. The second-order valence-electron chi connectivity index (χ2n) is 5.08. The van der Waals surface area contributed by atoms with Crippen molar-refractivity contribution in [2.24, 2.45) is 0 Å². The third-order valence-corrected chi connectivity index (χ3v) is 3.04. The van der Waals surface area contributed by atoms with Crippen LogP contribution in [0, 0.1) is 0 Å². The molecule has 1 amide bonds. The summed E-state index contributed by atoms with van der Waals surface area (Å²) in [4.78, 5) is 28.6. The molecule has 0 aromatic carbocycles. The van der Waals surface area contributed by atoms with Crippen LogP contribution in [0.2, 0.25) is 0 Å². The number of carbonyl (C=O) groups is 1. The van der Waals surface area contributed by atoms with Gasteiger partial charge >= 0.3 is 5.69 Å². The topological polar surface area (TPSA) is 78.1 Å². The monoisotopic (exact) mass is 292 g/mol. The van der Waals surface area contributed by atoms with Crippen LogP contribution in [0.4, 0.5) is 0 Å². The first-order chi connectivity index (χ1) is 10.0. The third-order valence-electron chi connectivity index (χ3n) is 3.04. The van der Waals surface area contributed by atoms with Crippen molar-refractivity contribution < 1.29 is 9.53 Å². The summed E-state index contributed by atoms with van der Waals surface area (Å²) in [5.74, 6) is -0.193. The SMILES string of the molecule is COCCn1c(=O)n(CC(=O)NC(C)C)c2cccnc21. The van der Waals surface area contributed by atoms with Gasteiger partial charge in [-0.25, -0.2) is 9.78 Å². The van der Waals surface area contributed by atoms with Crippen LogP contribution in [-0.2, 0) is 22.6 Å². The molecule has 7 nitrogen and oxygen atoms in total. The molecule has 0 aliphatic heterocycles. The summed E-state index contributed by atoms with van der Waals surface area (Å²) in [7, 11) is 1.58. The lowest BCUT2D eigenvalue weighted by Crippen LogP contribution is -2.36. The van der Waals surface area contributed by atoms with E-state index in [0.29, 0.717) is 24.3 Å². The van der Waals surface area contributed by atoms with Crippen LogP contribution in [0.3, 0.4) is 0 Å². The van der Waals surface area contributed by atoms with E-state index in [1.165, 1.54) is 9.13 Å². The molecule has 0 spiro atoms. The van der Waals surface area contributed by atoms with Crippen LogP contribution in [0.1, 0.15) is 13.8 Å². The van der Waals surface area contributed by atoms with Gasteiger partial charge in [-0.05, 0) is 26.0 Å². The summed E-state index contributed by atoms with van der Waals surface area (Å²) < 4.78 is 7.99. The normalized spacial score (nSPS) is 11.2. The molecule has 0 radical (unpaired) electrons. The number of nitrogens with one attached hydrogen (secondary N) is 1. The fourth-order valence-electron chi connectivity index (χ4n) is 2.19. The standard InChI is InChI=1S/C14H20N4O3/c1-10(2)16-12(19)9-18-11-5-4-6-15-13(11)17(14(18)20)7-8-21-3/h4-6,10H,7-9H2,1-3H3,(H,16,19). The predicted octanol–water partition coefficient (Wildman–Crippen LogP) is 0.369. The smallest absolute Gasteiger partial charge is 0.330 e. The van der Waals surface area contributed by atoms with Gasteiger partial charge in [0.2, 0.25) is 5.91 Å². The minimum absolute atomic E-state index is 0.0147. The Kier molecular flexibility index (Phi) is 4.74. The number of hydrogen-bond donors (Lipinski definition) is 1. The molecular weight excluding hydrogens is 272 g/mol. The second kappa shape index (κ2) is 6.53. The number of nitrogens with zero attached hydrogens (tertiary/aromatic N) is 3. The van der Waals surface area contributed by atoms with Gasteiger partial charge in [-0.1, -0.05) is 0 Å². The quantitative estimate of drug-likeness (QED) is 0.834. The third kappa shape index (κ3) is 3.30. The van der Waals surface area contributed by atoms with Crippen molar-refractivity contribution >= 4 is 17.1 Å². The molecule has 0 saturated carbocycles. The Balaban J connectivity index is 2.41. The van der Waals surface area contributed by atoms with Gasteiger partial charge in [-0.3, -0.25) is 13.9 Å². The Labute approximate surface area is 122 Å². The number of methoxy groups -OCH3 is 1. The van der Waals surface area contributed by atoms with Gasteiger partial charge in [0.15, 0.2) is 5.65 Å². The van der Waals surface area contributed by atoms with Gasteiger partial charge < -0.3 is 10.1 Å². The molecule has 1 N–H and O–H groups in total. The average Bonchev–Trinajstić information content (AvgIpc) is 2.69. The summed E-state index contributed by atoms with van der Waals surface area (Å²) >= 11 is 0. The highest BCUT2D eigenvalue weighted by Crippen LogP contribution is 2.09. The maximum Gasteiger partial charge on any atom is 0.330 e. The first-order valence-corrected chi connectivity index (χ1v) is 6.87. The first kappa shape index (κ1) is 15.2. The first-order valence-electron chi connectivity index (χ1n) is 6.87. The zero-order valence-corrected chi connectivity index (χ0v) is 12.5. The van der Waals surface area contributed by atoms with Crippen LogP contribution in [0.15, 0.2) is 23.1 Å². The molecule has 2 heterocycles. The van der Waals surface area contributed by atoms with E-state index < -0.39 is 0 Å². The highest BCUT2D eigenvalue weighted by Gasteiger charge is 2.16. The molecule has 0 fully saturated rings. The highest BCUT2D eigenvalue weighted by atomic mass is 16.5. The lowest BCUT2D eigenvalue weighted by molar-refractivity contribution is -0.122. The number of pyridine rings is 1. The Morgan fingerprint density at radius 3 is 2.86 bits per heavy atom. The van der Waals surface area contributed by atoms with Crippen LogP contribution in [0.25, 0.3) is 11.2 Å². The number of hydrogen-bond acceptors (Lipinski definition) is 4. The fourth-order valence-corrected chi connectivity index (χ4v) is 2.19. The molecule has 0 unspecified atom stereocenters. The zero-order valence-electron chi connectivity index (χ0n) is 12.5. The number of rotatable bonds is 6. The molecule has 0 bridgehead atoms. The minimum atomic E-state index is -0.250. The van der Waals surface area contributed by atoms with E-state index in [1.54, 1.807) is 25.4 Å². The highest BCUT2D eigenvalue weighted by molar-refractivity contribution is 5.79. The van der Waals surface area contributed by atoms with Crippen molar-refractivity contribution in [1.82, 2.24) is 19.4 Å². The number of aromatic nitrogens is 3. The van der Waals surface area contributed by atoms with Crippen molar-refractivity contribution in [3.05, 3.63) is 28.8 Å². The molecule has 114 valence electrons. The van der Waals surface area contributed by atoms with Gasteiger partial charge in [-0.15, -0.1) is 0 Å². The Morgan fingerprint density at radius 1 is 1.43 bits per heavy atom. The summed E-state index contributed by atoms with van der Waals surface area (Å²) in [6.07, 6.45) is 1.63. The van der Waals surface area contributed by atoms with Crippen molar-refractivity contribution in [2.75, 3.05) is 13.7 Å². The Hall–Kier alpha value is -2.15. The van der Waals surface area contributed by atoms with Crippen molar-refractivity contribution in [3.8, 4) is 0 Å². The van der Waals surface area contributed by atoms with Crippen molar-refractivity contribution in [2.45, 2.75) is 33.0 Å². The average molecular weight is 292 g/mol. The number of ether oxygens (including phenoxy) is 1. The molecule has 0 aliphatic carbocycles. The van der Waals surface area contributed by atoms with Gasteiger partial charge in [0.25, 0.3) is 0 Å². The molecule has 2 aromatic heterocycles. The maximum atomic E-state index is 12.5. The minimum Gasteiger partial charge on any atom is -0.383 e. The molecule has 7 heteroatoms. The molecule has 21 heavy (non-hydrogen) atoms. The van der Waals surface area contributed by atoms with E-state index in [0.717, 1.165) is 0 Å². The predicted molar refractivity (Wildman–Crippen MR) is 79.1 cm³/mol. The van der Waals surface area contributed by atoms with E-state index in [1.807, 2.05) is 13.8 Å². The Morgan fingerprint density at radius 2 is 2.19 bits per heavy atom. The molecule has 2 rings (SSSR count). The molecular formula is C14H20N4O3. The summed E-state index contributed by atoms with van der Waals surface area (Å²) in [5.41, 5.74) is 0.967. The van der Waals surface area contributed by atoms with E-state index >= 15 is 0 Å². The second-order valence-corrected chi connectivity index (χ2v) is 5.08. The number of carbonyl (C=O) groups excluding carboxylic acids is 1. The van der Waals surface area contributed by atoms with Gasteiger partial charge in [-0.2, -0.15) is 0 Å².